The molecule has 3 aromatic rings. The van der Waals surface area contributed by atoms with Crippen LogP contribution in [0.1, 0.15) is 58.1 Å². The lowest BCUT2D eigenvalue weighted by atomic mass is 9.99. The highest BCUT2D eigenvalue weighted by Crippen LogP contribution is 2.25. The van der Waals surface area contributed by atoms with E-state index in [-0.39, 0.29) is 18.5 Å². The van der Waals surface area contributed by atoms with Gasteiger partial charge in [0.25, 0.3) is 5.91 Å². The van der Waals surface area contributed by atoms with Gasteiger partial charge in [0, 0.05) is 31.0 Å². The number of rotatable bonds is 13. The number of carbonyl (C=O) groups is 1. The van der Waals surface area contributed by atoms with Crippen LogP contribution in [0, 0.1) is 11.6 Å². The number of hydrogen-bond acceptors (Lipinski definition) is 5. The van der Waals surface area contributed by atoms with Gasteiger partial charge < -0.3 is 15.7 Å². The summed E-state index contributed by atoms with van der Waals surface area (Å²) in [4.78, 5) is 13.1. The number of nitrogens with one attached hydrogen (secondary N) is 2. The highest BCUT2D eigenvalue weighted by Gasteiger charge is 2.24. The van der Waals surface area contributed by atoms with E-state index in [1.165, 1.54) is 36.1 Å². The molecule has 3 atom stereocenters. The molecule has 210 valence electrons. The van der Waals surface area contributed by atoms with Gasteiger partial charge in [-0.15, -0.1) is 0 Å². The van der Waals surface area contributed by atoms with E-state index in [0.29, 0.717) is 24.1 Å². The van der Waals surface area contributed by atoms with E-state index < -0.39 is 44.8 Å². The van der Waals surface area contributed by atoms with Gasteiger partial charge in [0.2, 0.25) is 0 Å². The molecular formula is C30H36F2N2O4S. The zero-order chi connectivity index (χ0) is 28.6. The molecule has 1 amide bonds. The van der Waals surface area contributed by atoms with Crippen LogP contribution < -0.4 is 10.6 Å². The Bertz CT molecular complexity index is 1340. The predicted octanol–water partition coefficient (Wildman–Crippen LogP) is 4.51. The summed E-state index contributed by atoms with van der Waals surface area (Å²) in [5, 5.41) is 16.3. The smallest absolute Gasteiger partial charge is 0.251 e. The lowest BCUT2D eigenvalue weighted by molar-refractivity contribution is 0.0830. The van der Waals surface area contributed by atoms with Gasteiger partial charge in [-0.2, -0.15) is 0 Å². The standard InChI is InChI=1S/C30H36F2N2O4S/c1-4-20-7-6-8-21(13-20)18-33-19-28(35)27(16-22-14-25(31)17-26(32)15-22)34-30(36)24-11-9-23(10-12-24)29(5-2)39(3,37)38/h6-15,17,27-29,33,35H,4-5,16,18-19H2,1-3H3,(H,34,36)/t27-,28-,29?/m0/s1. The maximum Gasteiger partial charge on any atom is 0.251 e. The summed E-state index contributed by atoms with van der Waals surface area (Å²) in [7, 11) is -3.31. The van der Waals surface area contributed by atoms with Crippen molar-refractivity contribution in [2.45, 2.75) is 57.1 Å². The summed E-state index contributed by atoms with van der Waals surface area (Å²) in [6.07, 6.45) is 1.42. The van der Waals surface area contributed by atoms with Crippen LogP contribution in [0.15, 0.2) is 66.7 Å². The fraction of sp³-hybridized carbons (Fsp3) is 0.367. The zero-order valence-corrected chi connectivity index (χ0v) is 23.3. The van der Waals surface area contributed by atoms with Gasteiger partial charge in [-0.1, -0.05) is 50.2 Å². The second-order valence-corrected chi connectivity index (χ2v) is 12.0. The second kappa shape index (κ2) is 13.8. The minimum atomic E-state index is -3.31. The Morgan fingerprint density at radius 1 is 0.923 bits per heavy atom. The molecule has 0 heterocycles. The van der Waals surface area contributed by atoms with Crippen molar-refractivity contribution in [2.24, 2.45) is 0 Å². The number of aryl methyl sites for hydroxylation is 1. The first-order valence-corrected chi connectivity index (χ1v) is 15.0. The molecule has 39 heavy (non-hydrogen) atoms. The van der Waals surface area contributed by atoms with Crippen LogP contribution in [0.2, 0.25) is 0 Å². The third-order valence-corrected chi connectivity index (χ3v) is 8.31. The van der Waals surface area contributed by atoms with Crippen molar-refractivity contribution in [3.63, 3.8) is 0 Å². The third kappa shape index (κ3) is 8.95. The van der Waals surface area contributed by atoms with Crippen LogP contribution in [0.25, 0.3) is 0 Å². The summed E-state index contributed by atoms with van der Waals surface area (Å²) < 4.78 is 51.8. The Morgan fingerprint density at radius 2 is 1.56 bits per heavy atom. The van der Waals surface area contributed by atoms with Crippen LogP contribution in [0.5, 0.6) is 0 Å². The van der Waals surface area contributed by atoms with Crippen molar-refractivity contribution >= 4 is 15.7 Å². The largest absolute Gasteiger partial charge is 0.390 e. The normalized spacial score (nSPS) is 14.0. The summed E-state index contributed by atoms with van der Waals surface area (Å²) in [6, 6.07) is 16.6. The van der Waals surface area contributed by atoms with Crippen LogP contribution >= 0.6 is 0 Å². The molecule has 6 nitrogen and oxygen atoms in total. The Kier molecular flexibility index (Phi) is 10.7. The van der Waals surface area contributed by atoms with Crippen molar-refractivity contribution in [3.05, 3.63) is 106 Å². The highest BCUT2D eigenvalue weighted by molar-refractivity contribution is 7.90. The summed E-state index contributed by atoms with van der Waals surface area (Å²) >= 11 is 0. The average Bonchev–Trinajstić information content (AvgIpc) is 2.87. The summed E-state index contributed by atoms with van der Waals surface area (Å²) in [5.41, 5.74) is 3.39. The minimum absolute atomic E-state index is 0.00133. The average molecular weight is 559 g/mol. The van der Waals surface area contributed by atoms with Crippen molar-refractivity contribution in [1.82, 2.24) is 10.6 Å². The van der Waals surface area contributed by atoms with E-state index in [0.717, 1.165) is 18.1 Å². The van der Waals surface area contributed by atoms with Gasteiger partial charge in [-0.25, -0.2) is 17.2 Å². The number of aliphatic hydroxyl groups excluding tert-OH is 1. The molecule has 3 N–H and O–H groups in total. The van der Waals surface area contributed by atoms with Crippen LogP contribution in [-0.4, -0.2) is 44.4 Å². The molecule has 0 aliphatic carbocycles. The van der Waals surface area contributed by atoms with Gasteiger partial charge in [0.05, 0.1) is 17.4 Å². The van der Waals surface area contributed by atoms with E-state index in [4.69, 9.17) is 0 Å². The van der Waals surface area contributed by atoms with Gasteiger partial charge in [-0.05, 0) is 65.8 Å². The Morgan fingerprint density at radius 3 is 2.15 bits per heavy atom. The van der Waals surface area contributed by atoms with E-state index in [1.54, 1.807) is 19.1 Å². The van der Waals surface area contributed by atoms with Crippen LogP contribution in [0.3, 0.4) is 0 Å². The molecule has 0 aliphatic rings. The molecule has 0 fully saturated rings. The van der Waals surface area contributed by atoms with Crippen molar-refractivity contribution in [3.8, 4) is 0 Å². The number of hydrogen-bond donors (Lipinski definition) is 3. The first kappa shape index (κ1) is 30.4. The molecule has 0 saturated carbocycles. The molecule has 0 spiro atoms. The van der Waals surface area contributed by atoms with Crippen molar-refractivity contribution in [2.75, 3.05) is 12.8 Å². The quantitative estimate of drug-likeness (QED) is 0.287. The molecule has 0 saturated heterocycles. The van der Waals surface area contributed by atoms with Crippen molar-refractivity contribution in [1.29, 1.82) is 0 Å². The highest BCUT2D eigenvalue weighted by atomic mass is 32.2. The number of carbonyl (C=O) groups excluding carboxylic acids is 1. The maximum absolute atomic E-state index is 13.8. The topological polar surface area (TPSA) is 95.5 Å². The molecule has 0 aliphatic heterocycles. The summed E-state index contributed by atoms with van der Waals surface area (Å²) in [5.74, 6) is -1.98. The lowest BCUT2D eigenvalue weighted by Crippen LogP contribution is -2.48. The van der Waals surface area contributed by atoms with E-state index in [2.05, 4.69) is 23.6 Å². The minimum Gasteiger partial charge on any atom is -0.390 e. The molecular weight excluding hydrogens is 522 g/mol. The summed E-state index contributed by atoms with van der Waals surface area (Å²) in [6.45, 7) is 4.48. The number of sulfone groups is 1. The van der Waals surface area contributed by atoms with E-state index in [9.17, 15) is 27.1 Å². The SMILES string of the molecule is CCc1cccc(CNC[C@H](O)[C@H](Cc2cc(F)cc(F)c2)NC(=O)c2ccc(C(CC)S(C)(=O)=O)cc2)c1. The number of amides is 1. The molecule has 9 heteroatoms. The van der Waals surface area contributed by atoms with Gasteiger partial charge in [-0.3, -0.25) is 4.79 Å². The Hall–Kier alpha value is -3.14. The number of benzene rings is 3. The molecule has 3 aromatic carbocycles. The van der Waals surface area contributed by atoms with E-state index >= 15 is 0 Å². The Labute approximate surface area is 229 Å². The van der Waals surface area contributed by atoms with Gasteiger partial charge >= 0.3 is 0 Å². The van der Waals surface area contributed by atoms with Crippen molar-refractivity contribution < 1.29 is 27.1 Å². The lowest BCUT2D eigenvalue weighted by Gasteiger charge is -2.25. The first-order valence-electron chi connectivity index (χ1n) is 13.0. The van der Waals surface area contributed by atoms with Crippen LogP contribution in [0.4, 0.5) is 8.78 Å². The molecule has 0 bridgehead atoms. The van der Waals surface area contributed by atoms with E-state index in [1.807, 2.05) is 18.2 Å². The zero-order valence-electron chi connectivity index (χ0n) is 22.5. The molecule has 1 unspecified atom stereocenters. The molecule has 0 radical (unpaired) electrons. The fourth-order valence-electron chi connectivity index (χ4n) is 4.62. The first-order chi connectivity index (χ1) is 18.5. The predicted molar refractivity (Wildman–Crippen MR) is 149 cm³/mol. The number of halogens is 2. The monoisotopic (exact) mass is 558 g/mol. The van der Waals surface area contributed by atoms with Gasteiger partial charge in [0.15, 0.2) is 9.84 Å². The van der Waals surface area contributed by atoms with Gasteiger partial charge in [0.1, 0.15) is 11.6 Å². The third-order valence-electron chi connectivity index (χ3n) is 6.67. The van der Waals surface area contributed by atoms with Crippen LogP contribution in [-0.2, 0) is 29.2 Å². The second-order valence-electron chi connectivity index (χ2n) is 9.78. The fourth-order valence-corrected chi connectivity index (χ4v) is 5.88. The number of aliphatic hydroxyl groups is 1. The Balaban J connectivity index is 1.74. The maximum atomic E-state index is 13.8. The molecule has 3 rings (SSSR count). The molecule has 0 aromatic heterocycles.